The number of aliphatic carboxylic acids is 1. The second-order valence-corrected chi connectivity index (χ2v) is 10.2. The van der Waals surface area contributed by atoms with Crippen molar-refractivity contribution < 1.29 is 32.5 Å². The molecule has 5 rings (SSSR count). The molecule has 182 valence electrons. The number of rotatable bonds is 6. The normalized spacial score (nSPS) is 22.2. The third kappa shape index (κ3) is 4.73. The molecule has 0 aromatic heterocycles. The maximum Gasteiger partial charge on any atom is 0.416 e. The number of benzene rings is 2. The summed E-state index contributed by atoms with van der Waals surface area (Å²) in [6.07, 6.45) is -3.56. The summed E-state index contributed by atoms with van der Waals surface area (Å²) in [7, 11) is 0. The molecule has 3 aliphatic rings. The number of thioether (sulfide) groups is 1. The van der Waals surface area contributed by atoms with Crippen LogP contribution < -0.4 is 9.47 Å². The van der Waals surface area contributed by atoms with Gasteiger partial charge in [0.25, 0.3) is 0 Å². The van der Waals surface area contributed by atoms with E-state index >= 15 is 0 Å². The molecule has 0 radical (unpaired) electrons. The van der Waals surface area contributed by atoms with E-state index in [0.717, 1.165) is 41.3 Å². The number of hydrogen-bond acceptors (Lipinski definition) is 5. The number of hydrogen-bond donors (Lipinski definition) is 1. The lowest BCUT2D eigenvalue weighted by Crippen LogP contribution is -2.33. The van der Waals surface area contributed by atoms with Gasteiger partial charge in [-0.25, -0.2) is 0 Å². The third-order valence-electron chi connectivity index (χ3n) is 6.83. The maximum absolute atomic E-state index is 13.8. The number of carboxylic acid groups (broad SMARTS) is 1. The highest BCUT2D eigenvalue weighted by molar-refractivity contribution is 7.99. The first-order valence-electron chi connectivity index (χ1n) is 11.5. The van der Waals surface area contributed by atoms with Gasteiger partial charge in [-0.2, -0.15) is 24.9 Å². The molecule has 0 amide bonds. The standard InChI is InChI=1S/C25H26F3NO4S/c26-25(27,28)21-5-3-19-18(20(21)13-29-7-9-34-10-8-29)4-6-22(19)33-16-1-2-17-15(11-24(30)31)14-32-23(17)12-16/h1-3,5,12,15,22H,4,6-11,13-14H2,(H,30,31)/t15?,22-/m1/s1. The van der Waals surface area contributed by atoms with Gasteiger partial charge in [0.1, 0.15) is 17.6 Å². The summed E-state index contributed by atoms with van der Waals surface area (Å²) in [5.74, 6) is 2.00. The molecule has 1 unspecified atom stereocenters. The number of ether oxygens (including phenoxy) is 2. The highest BCUT2D eigenvalue weighted by Crippen LogP contribution is 2.44. The number of nitrogens with zero attached hydrogens (tertiary/aromatic N) is 1. The largest absolute Gasteiger partial charge is 0.492 e. The predicted molar refractivity (Wildman–Crippen MR) is 123 cm³/mol. The Hall–Kier alpha value is -2.39. The van der Waals surface area contributed by atoms with Crippen LogP contribution in [0.4, 0.5) is 13.2 Å². The molecule has 34 heavy (non-hydrogen) atoms. The van der Waals surface area contributed by atoms with Crippen LogP contribution in [0.2, 0.25) is 0 Å². The molecule has 0 spiro atoms. The molecule has 2 aromatic rings. The van der Waals surface area contributed by atoms with Gasteiger partial charge in [0, 0.05) is 48.7 Å². The summed E-state index contributed by atoms with van der Waals surface area (Å²) in [6.45, 7) is 2.21. The van der Waals surface area contributed by atoms with E-state index in [2.05, 4.69) is 4.90 Å². The van der Waals surface area contributed by atoms with Crippen molar-refractivity contribution in [2.75, 3.05) is 31.2 Å². The topological polar surface area (TPSA) is 59.0 Å². The smallest absolute Gasteiger partial charge is 0.416 e. The molecular formula is C25H26F3NO4S. The van der Waals surface area contributed by atoms with Crippen LogP contribution in [0.5, 0.6) is 11.5 Å². The van der Waals surface area contributed by atoms with Gasteiger partial charge >= 0.3 is 12.1 Å². The number of fused-ring (bicyclic) bond motifs is 2. The zero-order chi connectivity index (χ0) is 23.9. The highest BCUT2D eigenvalue weighted by atomic mass is 32.2. The third-order valence-corrected chi connectivity index (χ3v) is 7.77. The van der Waals surface area contributed by atoms with Crippen LogP contribution in [0, 0.1) is 0 Å². The van der Waals surface area contributed by atoms with E-state index in [4.69, 9.17) is 14.6 Å². The second kappa shape index (κ2) is 9.34. The summed E-state index contributed by atoms with van der Waals surface area (Å²) in [6, 6.07) is 8.14. The summed E-state index contributed by atoms with van der Waals surface area (Å²) in [5.41, 5.74) is 2.27. The van der Waals surface area contributed by atoms with Gasteiger partial charge in [-0.3, -0.25) is 9.69 Å². The van der Waals surface area contributed by atoms with Crippen LogP contribution >= 0.6 is 11.8 Å². The Labute approximate surface area is 200 Å². The molecule has 1 saturated heterocycles. The Morgan fingerprint density at radius 1 is 1.18 bits per heavy atom. The Bertz CT molecular complexity index is 1080. The highest BCUT2D eigenvalue weighted by Gasteiger charge is 2.38. The minimum atomic E-state index is -4.39. The Morgan fingerprint density at radius 2 is 1.94 bits per heavy atom. The Balaban J connectivity index is 1.39. The second-order valence-electron chi connectivity index (χ2n) is 9.00. The summed E-state index contributed by atoms with van der Waals surface area (Å²) in [5, 5.41) is 9.08. The van der Waals surface area contributed by atoms with Crippen molar-refractivity contribution in [1.82, 2.24) is 4.90 Å². The lowest BCUT2D eigenvalue weighted by Gasteiger charge is -2.28. The maximum atomic E-state index is 13.8. The van der Waals surface area contributed by atoms with E-state index in [1.54, 1.807) is 18.2 Å². The van der Waals surface area contributed by atoms with Crippen molar-refractivity contribution >= 4 is 17.7 Å². The van der Waals surface area contributed by atoms with Gasteiger partial charge in [0.2, 0.25) is 0 Å². The monoisotopic (exact) mass is 493 g/mol. The van der Waals surface area contributed by atoms with Crippen molar-refractivity contribution in [3.63, 3.8) is 0 Å². The Morgan fingerprint density at radius 3 is 2.68 bits per heavy atom. The molecule has 1 fully saturated rings. The molecule has 1 N–H and O–H groups in total. The van der Waals surface area contributed by atoms with Crippen LogP contribution in [0.3, 0.4) is 0 Å². The fourth-order valence-electron chi connectivity index (χ4n) is 5.16. The molecule has 2 atom stereocenters. The van der Waals surface area contributed by atoms with Crippen molar-refractivity contribution in [2.24, 2.45) is 0 Å². The molecule has 5 nitrogen and oxygen atoms in total. The van der Waals surface area contributed by atoms with Crippen molar-refractivity contribution in [3.05, 3.63) is 58.1 Å². The van der Waals surface area contributed by atoms with Crippen LogP contribution in [0.15, 0.2) is 30.3 Å². The molecular weight excluding hydrogens is 467 g/mol. The number of carbonyl (C=O) groups is 1. The molecule has 0 bridgehead atoms. The minimum absolute atomic E-state index is 0.00320. The van der Waals surface area contributed by atoms with E-state index in [9.17, 15) is 18.0 Å². The van der Waals surface area contributed by atoms with Gasteiger partial charge in [0.05, 0.1) is 18.6 Å². The van der Waals surface area contributed by atoms with E-state index in [-0.39, 0.29) is 18.4 Å². The van der Waals surface area contributed by atoms with Crippen molar-refractivity contribution in [1.29, 1.82) is 0 Å². The summed E-state index contributed by atoms with van der Waals surface area (Å²) >= 11 is 1.83. The number of carboxylic acids is 1. The number of alkyl halides is 3. The SMILES string of the molecule is O=C(O)CC1COc2cc(O[C@@H]3CCc4c3ccc(C(F)(F)F)c4CN3CCSCC3)ccc21. The first kappa shape index (κ1) is 23.4. The van der Waals surface area contributed by atoms with Crippen molar-refractivity contribution in [2.45, 2.75) is 44.0 Å². The molecule has 2 aliphatic heterocycles. The lowest BCUT2D eigenvalue weighted by atomic mass is 9.96. The van der Waals surface area contributed by atoms with E-state index in [0.29, 0.717) is 43.1 Å². The van der Waals surface area contributed by atoms with Crippen LogP contribution in [-0.2, 0) is 23.9 Å². The van der Waals surface area contributed by atoms with Gasteiger partial charge in [-0.15, -0.1) is 0 Å². The first-order chi connectivity index (χ1) is 16.3. The molecule has 9 heteroatoms. The van der Waals surface area contributed by atoms with E-state index in [1.165, 1.54) is 6.07 Å². The minimum Gasteiger partial charge on any atom is -0.492 e. The summed E-state index contributed by atoms with van der Waals surface area (Å²) < 4.78 is 53.4. The zero-order valence-corrected chi connectivity index (χ0v) is 19.4. The van der Waals surface area contributed by atoms with Crippen molar-refractivity contribution in [3.8, 4) is 11.5 Å². The molecule has 2 aromatic carbocycles. The molecule has 0 saturated carbocycles. The fraction of sp³-hybridized carbons (Fsp3) is 0.480. The zero-order valence-electron chi connectivity index (χ0n) is 18.6. The van der Waals surface area contributed by atoms with Gasteiger partial charge in [-0.1, -0.05) is 12.1 Å². The van der Waals surface area contributed by atoms with Crippen LogP contribution in [0.1, 0.15) is 52.7 Å². The van der Waals surface area contributed by atoms with E-state index < -0.39 is 17.7 Å². The average Bonchev–Trinajstić information content (AvgIpc) is 3.38. The average molecular weight is 494 g/mol. The first-order valence-corrected chi connectivity index (χ1v) is 12.6. The quantitative estimate of drug-likeness (QED) is 0.592. The van der Waals surface area contributed by atoms with Crippen LogP contribution in [0.25, 0.3) is 0 Å². The van der Waals surface area contributed by atoms with Gasteiger partial charge in [0.15, 0.2) is 0 Å². The van der Waals surface area contributed by atoms with Gasteiger partial charge < -0.3 is 14.6 Å². The summed E-state index contributed by atoms with van der Waals surface area (Å²) in [4.78, 5) is 13.2. The lowest BCUT2D eigenvalue weighted by molar-refractivity contribution is -0.139. The fourth-order valence-corrected chi connectivity index (χ4v) is 6.14. The van der Waals surface area contributed by atoms with E-state index in [1.807, 2.05) is 17.8 Å². The molecule has 2 heterocycles. The Kier molecular flexibility index (Phi) is 6.41. The molecule has 1 aliphatic carbocycles. The number of halogens is 3. The van der Waals surface area contributed by atoms with Crippen LogP contribution in [-0.4, -0.2) is 47.2 Å². The van der Waals surface area contributed by atoms with Gasteiger partial charge in [-0.05, 0) is 41.7 Å². The predicted octanol–water partition coefficient (Wildman–Crippen LogP) is 5.27.